The number of hydrogen-bond donors (Lipinski definition) is 0. The molecule has 0 saturated carbocycles. The SMILES string of the molecule is CCC(C)c1nc(N2C(C)CCC2CC)sc1C=O. The maximum atomic E-state index is 11.3. The van der Waals surface area contributed by atoms with E-state index in [1.807, 2.05) is 0 Å². The molecule has 0 radical (unpaired) electrons. The van der Waals surface area contributed by atoms with Gasteiger partial charge in [-0.2, -0.15) is 0 Å². The summed E-state index contributed by atoms with van der Waals surface area (Å²) in [6, 6.07) is 1.13. The highest BCUT2D eigenvalue weighted by molar-refractivity contribution is 7.17. The van der Waals surface area contributed by atoms with Crippen LogP contribution in [0.2, 0.25) is 0 Å². The Morgan fingerprint density at radius 1 is 1.47 bits per heavy atom. The van der Waals surface area contributed by atoms with Crippen molar-refractivity contribution in [3.05, 3.63) is 10.6 Å². The van der Waals surface area contributed by atoms with Gasteiger partial charge in [0.05, 0.1) is 10.6 Å². The Hall–Kier alpha value is -0.900. The van der Waals surface area contributed by atoms with E-state index in [4.69, 9.17) is 4.98 Å². The van der Waals surface area contributed by atoms with E-state index in [0.29, 0.717) is 18.0 Å². The number of aldehydes is 1. The van der Waals surface area contributed by atoms with Gasteiger partial charge in [0.25, 0.3) is 0 Å². The molecule has 1 aromatic heterocycles. The number of hydrogen-bond acceptors (Lipinski definition) is 4. The third kappa shape index (κ3) is 2.69. The Morgan fingerprint density at radius 3 is 2.79 bits per heavy atom. The van der Waals surface area contributed by atoms with Crippen molar-refractivity contribution in [3.8, 4) is 0 Å². The van der Waals surface area contributed by atoms with Gasteiger partial charge in [-0.15, -0.1) is 0 Å². The first-order valence-electron chi connectivity index (χ1n) is 7.36. The van der Waals surface area contributed by atoms with Gasteiger partial charge in [-0.25, -0.2) is 4.98 Å². The lowest BCUT2D eigenvalue weighted by Gasteiger charge is -2.27. The molecule has 0 N–H and O–H groups in total. The Kier molecular flexibility index (Phi) is 4.61. The standard InChI is InChI=1S/C15H24N2OS/c1-5-10(3)14-13(9-18)19-15(16-14)17-11(4)7-8-12(17)6-2/h9-12H,5-8H2,1-4H3. The van der Waals surface area contributed by atoms with E-state index in [9.17, 15) is 4.79 Å². The van der Waals surface area contributed by atoms with Crippen LogP contribution in [-0.2, 0) is 0 Å². The fourth-order valence-corrected chi connectivity index (χ4v) is 4.06. The third-order valence-electron chi connectivity index (χ3n) is 4.33. The highest BCUT2D eigenvalue weighted by Gasteiger charge is 2.32. The number of aromatic nitrogens is 1. The van der Waals surface area contributed by atoms with Crippen LogP contribution < -0.4 is 4.90 Å². The van der Waals surface area contributed by atoms with Crippen LogP contribution in [0, 0.1) is 0 Å². The van der Waals surface area contributed by atoms with Crippen molar-refractivity contribution >= 4 is 22.8 Å². The summed E-state index contributed by atoms with van der Waals surface area (Å²) in [7, 11) is 0. The molecule has 0 aromatic carbocycles. The molecule has 3 nitrogen and oxygen atoms in total. The minimum absolute atomic E-state index is 0.364. The molecule has 1 aromatic rings. The number of rotatable bonds is 5. The first-order chi connectivity index (χ1) is 9.12. The summed E-state index contributed by atoms with van der Waals surface area (Å²) in [5.74, 6) is 0.364. The summed E-state index contributed by atoms with van der Waals surface area (Å²) in [6.45, 7) is 8.79. The molecule has 106 valence electrons. The van der Waals surface area contributed by atoms with E-state index in [2.05, 4.69) is 32.6 Å². The van der Waals surface area contributed by atoms with E-state index in [1.165, 1.54) is 12.8 Å². The third-order valence-corrected chi connectivity index (χ3v) is 5.34. The predicted molar refractivity (Wildman–Crippen MR) is 81.5 cm³/mol. The Labute approximate surface area is 120 Å². The maximum Gasteiger partial charge on any atom is 0.186 e. The van der Waals surface area contributed by atoms with Gasteiger partial charge in [-0.3, -0.25) is 4.79 Å². The highest BCUT2D eigenvalue weighted by atomic mass is 32.1. The Bertz CT molecular complexity index is 443. The molecule has 1 aliphatic heterocycles. The van der Waals surface area contributed by atoms with Gasteiger partial charge in [0.15, 0.2) is 11.4 Å². The summed E-state index contributed by atoms with van der Waals surface area (Å²) in [4.78, 5) is 19.3. The lowest BCUT2D eigenvalue weighted by atomic mass is 10.0. The van der Waals surface area contributed by atoms with Crippen LogP contribution in [0.3, 0.4) is 0 Å². The van der Waals surface area contributed by atoms with Crippen molar-refractivity contribution in [3.63, 3.8) is 0 Å². The van der Waals surface area contributed by atoms with E-state index in [1.54, 1.807) is 11.3 Å². The van der Waals surface area contributed by atoms with Crippen molar-refractivity contribution in [1.29, 1.82) is 0 Å². The van der Waals surface area contributed by atoms with Crippen LogP contribution >= 0.6 is 11.3 Å². The smallest absolute Gasteiger partial charge is 0.186 e. The molecule has 3 unspecified atom stereocenters. The number of thiazole rings is 1. The molecule has 3 atom stereocenters. The topological polar surface area (TPSA) is 33.2 Å². The van der Waals surface area contributed by atoms with Gasteiger partial charge in [-0.1, -0.05) is 32.1 Å². The second-order valence-electron chi connectivity index (χ2n) is 5.57. The predicted octanol–water partition coefficient (Wildman–Crippen LogP) is 4.24. The largest absolute Gasteiger partial charge is 0.342 e. The molecule has 4 heteroatoms. The van der Waals surface area contributed by atoms with Crippen molar-refractivity contribution in [2.24, 2.45) is 0 Å². The lowest BCUT2D eigenvalue weighted by molar-refractivity contribution is 0.112. The van der Waals surface area contributed by atoms with Crippen molar-refractivity contribution in [1.82, 2.24) is 4.98 Å². The molecule has 2 heterocycles. The quantitative estimate of drug-likeness (QED) is 0.756. The molecule has 1 fully saturated rings. The second-order valence-corrected chi connectivity index (χ2v) is 6.58. The van der Waals surface area contributed by atoms with E-state index >= 15 is 0 Å². The van der Waals surface area contributed by atoms with Crippen molar-refractivity contribution in [2.45, 2.75) is 71.4 Å². The van der Waals surface area contributed by atoms with Gasteiger partial charge in [-0.05, 0) is 38.5 Å². The zero-order chi connectivity index (χ0) is 14.0. The number of anilines is 1. The van der Waals surface area contributed by atoms with Gasteiger partial charge < -0.3 is 4.90 Å². The monoisotopic (exact) mass is 280 g/mol. The fourth-order valence-electron chi connectivity index (χ4n) is 2.89. The first kappa shape index (κ1) is 14.5. The van der Waals surface area contributed by atoms with Crippen LogP contribution in [-0.4, -0.2) is 23.4 Å². The number of nitrogens with zero attached hydrogens (tertiary/aromatic N) is 2. The molecule has 1 aliphatic rings. The molecular weight excluding hydrogens is 256 g/mol. The van der Waals surface area contributed by atoms with E-state index in [0.717, 1.165) is 34.8 Å². The molecule has 0 aliphatic carbocycles. The number of carbonyl (C=O) groups is 1. The van der Waals surface area contributed by atoms with Crippen LogP contribution in [0.15, 0.2) is 0 Å². The average molecular weight is 280 g/mol. The second kappa shape index (κ2) is 6.04. The molecule has 1 saturated heterocycles. The fraction of sp³-hybridized carbons (Fsp3) is 0.733. The Morgan fingerprint density at radius 2 is 2.21 bits per heavy atom. The first-order valence-corrected chi connectivity index (χ1v) is 8.18. The Balaban J connectivity index is 2.34. The van der Waals surface area contributed by atoms with Crippen LogP contribution in [0.4, 0.5) is 5.13 Å². The highest BCUT2D eigenvalue weighted by Crippen LogP contribution is 2.37. The van der Waals surface area contributed by atoms with Gasteiger partial charge in [0, 0.05) is 12.1 Å². The van der Waals surface area contributed by atoms with Crippen molar-refractivity contribution in [2.75, 3.05) is 4.90 Å². The number of carbonyl (C=O) groups excluding carboxylic acids is 1. The van der Waals surface area contributed by atoms with E-state index < -0.39 is 0 Å². The maximum absolute atomic E-state index is 11.3. The van der Waals surface area contributed by atoms with Crippen molar-refractivity contribution < 1.29 is 4.79 Å². The average Bonchev–Trinajstić information content (AvgIpc) is 3.00. The lowest BCUT2D eigenvalue weighted by Crippen LogP contribution is -2.33. The van der Waals surface area contributed by atoms with Gasteiger partial charge in [0.1, 0.15) is 0 Å². The molecular formula is C15H24N2OS. The zero-order valence-corrected chi connectivity index (χ0v) is 13.2. The molecule has 2 rings (SSSR count). The zero-order valence-electron chi connectivity index (χ0n) is 12.3. The van der Waals surface area contributed by atoms with Crippen LogP contribution in [0.5, 0.6) is 0 Å². The minimum Gasteiger partial charge on any atom is -0.342 e. The van der Waals surface area contributed by atoms with Crippen LogP contribution in [0.1, 0.15) is 74.7 Å². The molecule has 0 bridgehead atoms. The van der Waals surface area contributed by atoms with Gasteiger partial charge in [0.2, 0.25) is 0 Å². The summed E-state index contributed by atoms with van der Waals surface area (Å²) in [6.07, 6.45) is 5.62. The van der Waals surface area contributed by atoms with Gasteiger partial charge >= 0.3 is 0 Å². The summed E-state index contributed by atoms with van der Waals surface area (Å²) in [5.41, 5.74) is 0.992. The summed E-state index contributed by atoms with van der Waals surface area (Å²) >= 11 is 1.57. The molecule has 0 amide bonds. The van der Waals surface area contributed by atoms with E-state index in [-0.39, 0.29) is 0 Å². The molecule has 19 heavy (non-hydrogen) atoms. The summed E-state index contributed by atoms with van der Waals surface area (Å²) in [5, 5.41) is 1.05. The molecule has 0 spiro atoms. The summed E-state index contributed by atoms with van der Waals surface area (Å²) < 4.78 is 0. The van der Waals surface area contributed by atoms with Crippen LogP contribution in [0.25, 0.3) is 0 Å². The minimum atomic E-state index is 0.364. The normalized spacial score (nSPS) is 24.7.